The number of hydrogen-bond donors (Lipinski definition) is 0. The second-order valence-corrected chi connectivity index (χ2v) is 7.16. The predicted octanol–water partition coefficient (Wildman–Crippen LogP) is 2.69. The average Bonchev–Trinajstić information content (AvgIpc) is 3.19. The summed E-state index contributed by atoms with van der Waals surface area (Å²) in [5.41, 5.74) is 1.54. The number of aromatic nitrogens is 3. The number of rotatable bonds is 3. The van der Waals surface area contributed by atoms with Crippen LogP contribution in [0.4, 0.5) is 0 Å². The predicted molar refractivity (Wildman–Crippen MR) is 93.9 cm³/mol. The molecule has 0 spiro atoms. The van der Waals surface area contributed by atoms with E-state index in [0.717, 1.165) is 57.0 Å². The molecule has 1 unspecified atom stereocenters. The van der Waals surface area contributed by atoms with Gasteiger partial charge in [-0.15, -0.1) is 0 Å². The molecule has 4 rings (SSSR count). The normalized spacial score (nSPS) is 21.7. The summed E-state index contributed by atoms with van der Waals surface area (Å²) < 4.78 is 11.0. The zero-order chi connectivity index (χ0) is 17.9. The zero-order valence-electron chi connectivity index (χ0n) is 15.1. The largest absolute Gasteiger partial charge is 0.381 e. The van der Waals surface area contributed by atoms with E-state index in [4.69, 9.17) is 9.26 Å². The molecule has 1 amide bonds. The van der Waals surface area contributed by atoms with Crippen LogP contribution in [0.25, 0.3) is 0 Å². The van der Waals surface area contributed by atoms with Crippen molar-refractivity contribution in [3.8, 4) is 0 Å². The fraction of sp³-hybridized carbons (Fsp3) is 0.579. The van der Waals surface area contributed by atoms with E-state index in [1.165, 1.54) is 0 Å². The van der Waals surface area contributed by atoms with Crippen LogP contribution < -0.4 is 0 Å². The standard InChI is InChI=1S/C19H24N4O3/c1-13-4-5-15(11-20-13)19(24)23-8-2-3-16(12-23)18-21-17(22-26-18)14-6-9-25-10-7-14/h4-5,11,14,16H,2-3,6-10,12H2,1H3. The number of amides is 1. The lowest BCUT2D eigenvalue weighted by molar-refractivity contribution is 0.0695. The molecule has 0 aliphatic carbocycles. The molecule has 138 valence electrons. The summed E-state index contributed by atoms with van der Waals surface area (Å²) in [4.78, 5) is 23.5. The maximum Gasteiger partial charge on any atom is 0.255 e. The minimum Gasteiger partial charge on any atom is -0.381 e. The summed E-state index contributed by atoms with van der Waals surface area (Å²) in [5.74, 6) is 1.89. The Balaban J connectivity index is 1.44. The van der Waals surface area contributed by atoms with Crippen LogP contribution in [0.2, 0.25) is 0 Å². The van der Waals surface area contributed by atoms with Crippen LogP contribution in [0.15, 0.2) is 22.9 Å². The number of piperidine rings is 1. The van der Waals surface area contributed by atoms with Gasteiger partial charge in [-0.3, -0.25) is 9.78 Å². The second kappa shape index (κ2) is 7.53. The Labute approximate surface area is 152 Å². The quantitative estimate of drug-likeness (QED) is 0.841. The molecule has 2 aliphatic rings. The Bertz CT molecular complexity index is 752. The smallest absolute Gasteiger partial charge is 0.255 e. The highest BCUT2D eigenvalue weighted by atomic mass is 16.5. The fourth-order valence-corrected chi connectivity index (χ4v) is 3.67. The molecule has 1 atom stereocenters. The number of carbonyl (C=O) groups excluding carboxylic acids is 1. The number of hydrogen-bond acceptors (Lipinski definition) is 6. The van der Waals surface area contributed by atoms with Crippen LogP contribution in [-0.4, -0.2) is 52.2 Å². The first-order chi connectivity index (χ1) is 12.7. The summed E-state index contributed by atoms with van der Waals surface area (Å²) in [5, 5.41) is 4.20. The molecule has 2 aliphatic heterocycles. The third kappa shape index (κ3) is 3.62. The molecule has 0 N–H and O–H groups in total. The van der Waals surface area contributed by atoms with Crippen LogP contribution in [-0.2, 0) is 4.74 Å². The average molecular weight is 356 g/mol. The van der Waals surface area contributed by atoms with Crippen molar-refractivity contribution < 1.29 is 14.1 Å². The van der Waals surface area contributed by atoms with Crippen LogP contribution in [0.5, 0.6) is 0 Å². The maximum atomic E-state index is 12.7. The number of ether oxygens (including phenoxy) is 1. The number of aryl methyl sites for hydroxylation is 1. The summed E-state index contributed by atoms with van der Waals surface area (Å²) >= 11 is 0. The number of carbonyl (C=O) groups is 1. The molecule has 0 saturated carbocycles. The summed E-state index contributed by atoms with van der Waals surface area (Å²) in [6, 6.07) is 3.71. The molecule has 26 heavy (non-hydrogen) atoms. The Morgan fingerprint density at radius 3 is 2.81 bits per heavy atom. The third-order valence-electron chi connectivity index (χ3n) is 5.26. The van der Waals surface area contributed by atoms with Crippen molar-refractivity contribution in [2.75, 3.05) is 26.3 Å². The van der Waals surface area contributed by atoms with Crippen molar-refractivity contribution in [3.63, 3.8) is 0 Å². The Kier molecular flexibility index (Phi) is 4.97. The van der Waals surface area contributed by atoms with Crippen molar-refractivity contribution >= 4 is 5.91 Å². The Morgan fingerprint density at radius 2 is 2.04 bits per heavy atom. The van der Waals surface area contributed by atoms with Gasteiger partial charge in [-0.1, -0.05) is 5.16 Å². The first-order valence-corrected chi connectivity index (χ1v) is 9.34. The first kappa shape index (κ1) is 17.1. The number of nitrogens with zero attached hydrogens (tertiary/aromatic N) is 4. The van der Waals surface area contributed by atoms with Crippen molar-refractivity contribution in [2.24, 2.45) is 0 Å². The van der Waals surface area contributed by atoms with Gasteiger partial charge in [0.1, 0.15) is 0 Å². The van der Waals surface area contributed by atoms with Gasteiger partial charge in [-0.25, -0.2) is 0 Å². The molecular formula is C19H24N4O3. The minimum absolute atomic E-state index is 0.0198. The van der Waals surface area contributed by atoms with Crippen LogP contribution in [0.1, 0.15) is 65.3 Å². The highest BCUT2D eigenvalue weighted by Crippen LogP contribution is 2.30. The first-order valence-electron chi connectivity index (χ1n) is 9.34. The summed E-state index contributed by atoms with van der Waals surface area (Å²) in [6.45, 7) is 4.79. The molecule has 2 saturated heterocycles. The highest BCUT2D eigenvalue weighted by Gasteiger charge is 2.30. The van der Waals surface area contributed by atoms with E-state index in [1.54, 1.807) is 6.20 Å². The Hall–Kier alpha value is -2.28. The molecule has 7 heteroatoms. The van der Waals surface area contributed by atoms with E-state index < -0.39 is 0 Å². The number of pyridine rings is 1. The lowest BCUT2D eigenvalue weighted by atomic mass is 9.96. The van der Waals surface area contributed by atoms with E-state index in [-0.39, 0.29) is 11.8 Å². The molecular weight excluding hydrogens is 332 g/mol. The van der Waals surface area contributed by atoms with Crippen molar-refractivity contribution in [2.45, 2.75) is 44.4 Å². The highest BCUT2D eigenvalue weighted by molar-refractivity contribution is 5.94. The zero-order valence-corrected chi connectivity index (χ0v) is 15.1. The van der Waals surface area contributed by atoms with Gasteiger partial charge in [0.25, 0.3) is 5.91 Å². The number of likely N-dealkylation sites (tertiary alicyclic amines) is 1. The van der Waals surface area contributed by atoms with Crippen molar-refractivity contribution in [1.82, 2.24) is 20.0 Å². The lowest BCUT2D eigenvalue weighted by Gasteiger charge is -2.31. The molecule has 7 nitrogen and oxygen atoms in total. The lowest BCUT2D eigenvalue weighted by Crippen LogP contribution is -2.39. The van der Waals surface area contributed by atoms with Gasteiger partial charge in [0, 0.05) is 44.1 Å². The Morgan fingerprint density at radius 1 is 1.19 bits per heavy atom. The van der Waals surface area contributed by atoms with Gasteiger partial charge < -0.3 is 14.2 Å². The van der Waals surface area contributed by atoms with Gasteiger partial charge in [0.05, 0.1) is 11.5 Å². The second-order valence-electron chi connectivity index (χ2n) is 7.16. The third-order valence-corrected chi connectivity index (χ3v) is 5.26. The summed E-state index contributed by atoms with van der Waals surface area (Å²) in [7, 11) is 0. The van der Waals surface area contributed by atoms with Crippen LogP contribution in [0.3, 0.4) is 0 Å². The molecule has 0 bridgehead atoms. The van der Waals surface area contributed by atoms with Crippen molar-refractivity contribution in [3.05, 3.63) is 41.3 Å². The molecule has 2 fully saturated rings. The van der Waals surface area contributed by atoms with Crippen LogP contribution >= 0.6 is 0 Å². The SMILES string of the molecule is Cc1ccc(C(=O)N2CCCC(c3nc(C4CCOCC4)no3)C2)cn1. The van der Waals surface area contributed by atoms with Crippen LogP contribution in [0, 0.1) is 6.92 Å². The van der Waals surface area contributed by atoms with E-state index >= 15 is 0 Å². The van der Waals surface area contributed by atoms with E-state index in [2.05, 4.69) is 15.1 Å². The monoisotopic (exact) mass is 356 g/mol. The molecule has 0 aromatic carbocycles. The van der Waals surface area contributed by atoms with Gasteiger partial charge in [-0.2, -0.15) is 4.98 Å². The topological polar surface area (TPSA) is 81.4 Å². The minimum atomic E-state index is 0.0198. The van der Waals surface area contributed by atoms with E-state index in [9.17, 15) is 4.79 Å². The van der Waals surface area contributed by atoms with Gasteiger partial charge >= 0.3 is 0 Å². The van der Waals surface area contributed by atoms with Gasteiger partial charge in [-0.05, 0) is 44.7 Å². The van der Waals surface area contributed by atoms with Gasteiger partial charge in [0.15, 0.2) is 5.82 Å². The molecule has 2 aromatic heterocycles. The maximum absolute atomic E-state index is 12.7. The molecule has 2 aromatic rings. The fourth-order valence-electron chi connectivity index (χ4n) is 3.67. The van der Waals surface area contributed by atoms with Gasteiger partial charge in [0.2, 0.25) is 5.89 Å². The van der Waals surface area contributed by atoms with E-state index in [1.807, 2.05) is 24.0 Å². The van der Waals surface area contributed by atoms with E-state index in [0.29, 0.717) is 23.9 Å². The summed E-state index contributed by atoms with van der Waals surface area (Å²) in [6.07, 6.45) is 5.43. The molecule has 0 radical (unpaired) electrons. The molecule has 4 heterocycles. The van der Waals surface area contributed by atoms with Crippen molar-refractivity contribution in [1.29, 1.82) is 0 Å².